The summed E-state index contributed by atoms with van der Waals surface area (Å²) in [4.78, 5) is 14.8. The predicted molar refractivity (Wildman–Crippen MR) is 94.6 cm³/mol. The standard InChI is InChI=1S/C17H15ClN4S/c1-10-20-15(11-5-6-11)16(23-10)14-7-8-19-17(22-14)21-13-4-2-3-12(18)9-13/h2-4,7-9,11H,5-6H2,1H3,(H,19,21,22). The lowest BCUT2D eigenvalue weighted by Crippen LogP contribution is -1.98. The Balaban J connectivity index is 1.66. The number of benzene rings is 1. The van der Waals surface area contributed by atoms with Crippen LogP contribution in [0.3, 0.4) is 0 Å². The van der Waals surface area contributed by atoms with Gasteiger partial charge in [-0.2, -0.15) is 0 Å². The third-order valence-electron chi connectivity index (χ3n) is 3.69. The number of hydrogen-bond acceptors (Lipinski definition) is 5. The minimum atomic E-state index is 0.567. The summed E-state index contributed by atoms with van der Waals surface area (Å²) in [5, 5.41) is 4.97. The number of rotatable bonds is 4. The van der Waals surface area contributed by atoms with Crippen molar-refractivity contribution in [2.24, 2.45) is 0 Å². The molecule has 23 heavy (non-hydrogen) atoms. The van der Waals surface area contributed by atoms with E-state index in [4.69, 9.17) is 16.6 Å². The number of hydrogen-bond donors (Lipinski definition) is 1. The third kappa shape index (κ3) is 3.21. The Kier molecular flexibility index (Phi) is 3.75. The van der Waals surface area contributed by atoms with Gasteiger partial charge in [-0.15, -0.1) is 11.3 Å². The second kappa shape index (κ2) is 5.91. The topological polar surface area (TPSA) is 50.7 Å². The molecule has 3 aromatic rings. The molecule has 1 aliphatic carbocycles. The highest BCUT2D eigenvalue weighted by atomic mass is 35.5. The molecule has 1 fully saturated rings. The van der Waals surface area contributed by atoms with Crippen LogP contribution in [0.15, 0.2) is 36.5 Å². The van der Waals surface area contributed by atoms with Crippen LogP contribution in [0.2, 0.25) is 5.02 Å². The smallest absolute Gasteiger partial charge is 0.227 e. The van der Waals surface area contributed by atoms with E-state index in [9.17, 15) is 0 Å². The average molecular weight is 343 g/mol. The van der Waals surface area contributed by atoms with Crippen molar-refractivity contribution in [3.63, 3.8) is 0 Å². The molecule has 0 amide bonds. The van der Waals surface area contributed by atoms with Gasteiger partial charge >= 0.3 is 0 Å². The van der Waals surface area contributed by atoms with Gasteiger partial charge in [0, 0.05) is 22.8 Å². The van der Waals surface area contributed by atoms with E-state index in [-0.39, 0.29) is 0 Å². The Morgan fingerprint density at radius 1 is 1.22 bits per heavy atom. The molecular weight excluding hydrogens is 328 g/mol. The van der Waals surface area contributed by atoms with Crippen molar-refractivity contribution in [3.05, 3.63) is 52.3 Å². The second-order valence-electron chi connectivity index (χ2n) is 5.62. The normalized spacial score (nSPS) is 14.0. The number of nitrogens with one attached hydrogen (secondary N) is 1. The Hall–Kier alpha value is -1.98. The fraction of sp³-hybridized carbons (Fsp3) is 0.235. The van der Waals surface area contributed by atoms with Crippen molar-refractivity contribution in [2.75, 3.05) is 5.32 Å². The molecule has 1 aromatic carbocycles. The minimum Gasteiger partial charge on any atom is -0.324 e. The third-order valence-corrected chi connectivity index (χ3v) is 4.94. The second-order valence-corrected chi connectivity index (χ2v) is 7.26. The molecule has 0 unspecified atom stereocenters. The minimum absolute atomic E-state index is 0.567. The number of aryl methyl sites for hydroxylation is 1. The maximum absolute atomic E-state index is 6.02. The molecule has 116 valence electrons. The van der Waals surface area contributed by atoms with E-state index in [0.717, 1.165) is 16.4 Å². The predicted octanol–water partition coefficient (Wildman–Crippen LogP) is 5.18. The summed E-state index contributed by atoms with van der Waals surface area (Å²) in [6.45, 7) is 2.05. The van der Waals surface area contributed by atoms with E-state index in [1.165, 1.54) is 23.4 Å². The molecule has 0 bridgehead atoms. The van der Waals surface area contributed by atoms with Crippen molar-refractivity contribution in [1.82, 2.24) is 15.0 Å². The van der Waals surface area contributed by atoms with E-state index in [2.05, 4.69) is 15.3 Å². The molecule has 2 heterocycles. The maximum Gasteiger partial charge on any atom is 0.227 e. The van der Waals surface area contributed by atoms with Crippen molar-refractivity contribution in [3.8, 4) is 10.6 Å². The summed E-state index contributed by atoms with van der Waals surface area (Å²) >= 11 is 7.72. The largest absolute Gasteiger partial charge is 0.324 e. The monoisotopic (exact) mass is 342 g/mol. The van der Waals surface area contributed by atoms with Crippen LogP contribution in [0.5, 0.6) is 0 Å². The van der Waals surface area contributed by atoms with E-state index in [0.29, 0.717) is 16.9 Å². The van der Waals surface area contributed by atoms with Crippen LogP contribution < -0.4 is 5.32 Å². The zero-order valence-corrected chi connectivity index (χ0v) is 14.2. The van der Waals surface area contributed by atoms with Gasteiger partial charge in [-0.1, -0.05) is 17.7 Å². The van der Waals surface area contributed by atoms with Crippen molar-refractivity contribution < 1.29 is 0 Å². The highest BCUT2D eigenvalue weighted by Crippen LogP contribution is 2.45. The Morgan fingerprint density at radius 2 is 2.09 bits per heavy atom. The number of anilines is 2. The zero-order chi connectivity index (χ0) is 15.8. The summed E-state index contributed by atoms with van der Waals surface area (Å²) in [7, 11) is 0. The van der Waals surface area contributed by atoms with E-state index in [1.807, 2.05) is 37.3 Å². The first-order chi connectivity index (χ1) is 11.2. The number of halogens is 1. The van der Waals surface area contributed by atoms with Crippen molar-refractivity contribution in [2.45, 2.75) is 25.7 Å². The SMILES string of the molecule is Cc1nc(C2CC2)c(-c2ccnc(Nc3cccc(Cl)c3)n2)s1. The van der Waals surface area contributed by atoms with Gasteiger partial charge < -0.3 is 5.32 Å². The zero-order valence-electron chi connectivity index (χ0n) is 12.6. The fourth-order valence-electron chi connectivity index (χ4n) is 2.50. The van der Waals surface area contributed by atoms with Crippen LogP contribution in [0.1, 0.15) is 29.5 Å². The molecule has 4 nitrogen and oxygen atoms in total. The molecule has 2 aromatic heterocycles. The van der Waals surface area contributed by atoms with Gasteiger partial charge in [-0.25, -0.2) is 15.0 Å². The first-order valence-electron chi connectivity index (χ1n) is 7.52. The van der Waals surface area contributed by atoms with Crippen LogP contribution in [0, 0.1) is 6.92 Å². The molecule has 0 atom stereocenters. The molecule has 6 heteroatoms. The first kappa shape index (κ1) is 14.6. The van der Waals surface area contributed by atoms with Gasteiger partial charge in [0.2, 0.25) is 5.95 Å². The Labute approximate surface area is 143 Å². The number of nitrogens with zero attached hydrogens (tertiary/aromatic N) is 3. The van der Waals surface area contributed by atoms with Crippen molar-refractivity contribution in [1.29, 1.82) is 0 Å². The molecule has 0 saturated heterocycles. The molecule has 4 rings (SSSR count). The summed E-state index contributed by atoms with van der Waals surface area (Å²) in [5.41, 5.74) is 2.99. The van der Waals surface area contributed by atoms with Gasteiger partial charge in [0.05, 0.1) is 21.3 Å². The summed E-state index contributed by atoms with van der Waals surface area (Å²) in [6.07, 6.45) is 4.24. The highest BCUT2D eigenvalue weighted by Gasteiger charge is 2.30. The summed E-state index contributed by atoms with van der Waals surface area (Å²) in [6, 6.07) is 9.47. The van der Waals surface area contributed by atoms with E-state index in [1.54, 1.807) is 17.5 Å². The molecular formula is C17H15ClN4S. The lowest BCUT2D eigenvalue weighted by molar-refractivity contribution is 1.03. The quantitative estimate of drug-likeness (QED) is 0.709. The maximum atomic E-state index is 6.02. The molecule has 0 spiro atoms. The van der Waals surface area contributed by atoms with Crippen LogP contribution in [0.4, 0.5) is 11.6 Å². The van der Waals surface area contributed by atoms with Gasteiger partial charge in [0.15, 0.2) is 0 Å². The first-order valence-corrected chi connectivity index (χ1v) is 8.72. The van der Waals surface area contributed by atoms with Crippen LogP contribution >= 0.6 is 22.9 Å². The number of thiazole rings is 1. The van der Waals surface area contributed by atoms with Crippen LogP contribution in [-0.2, 0) is 0 Å². The van der Waals surface area contributed by atoms with Gasteiger partial charge in [0.25, 0.3) is 0 Å². The van der Waals surface area contributed by atoms with E-state index >= 15 is 0 Å². The molecule has 0 aliphatic heterocycles. The van der Waals surface area contributed by atoms with Crippen molar-refractivity contribution >= 4 is 34.6 Å². The Bertz CT molecular complexity index is 857. The lowest BCUT2D eigenvalue weighted by Gasteiger charge is -2.06. The van der Waals surface area contributed by atoms with Gasteiger partial charge in [-0.05, 0) is 44.0 Å². The average Bonchev–Trinajstić information content (AvgIpc) is 3.30. The van der Waals surface area contributed by atoms with Gasteiger partial charge in [0.1, 0.15) is 0 Å². The Morgan fingerprint density at radius 3 is 2.87 bits per heavy atom. The van der Waals surface area contributed by atoms with Crippen LogP contribution in [0.25, 0.3) is 10.6 Å². The fourth-order valence-corrected chi connectivity index (χ4v) is 3.67. The highest BCUT2D eigenvalue weighted by molar-refractivity contribution is 7.15. The van der Waals surface area contributed by atoms with Gasteiger partial charge in [-0.3, -0.25) is 0 Å². The molecule has 1 aliphatic rings. The van der Waals surface area contributed by atoms with Crippen LogP contribution in [-0.4, -0.2) is 15.0 Å². The molecule has 0 radical (unpaired) electrons. The molecule has 1 N–H and O–H groups in total. The van der Waals surface area contributed by atoms with E-state index < -0.39 is 0 Å². The lowest BCUT2D eigenvalue weighted by atomic mass is 10.2. The summed E-state index contributed by atoms with van der Waals surface area (Å²) in [5.74, 6) is 1.17. The summed E-state index contributed by atoms with van der Waals surface area (Å²) < 4.78 is 0. The number of aromatic nitrogens is 3. The molecule has 1 saturated carbocycles.